The Morgan fingerprint density at radius 2 is 2.16 bits per heavy atom. The molecule has 1 heterocycles. The number of aromatic nitrogens is 2. The van der Waals surface area contributed by atoms with E-state index in [4.69, 9.17) is 0 Å². The van der Waals surface area contributed by atoms with Gasteiger partial charge >= 0.3 is 0 Å². The van der Waals surface area contributed by atoms with E-state index in [1.807, 2.05) is 16.9 Å². The van der Waals surface area contributed by atoms with Gasteiger partial charge in [-0.3, -0.25) is 4.68 Å². The third-order valence-corrected chi connectivity index (χ3v) is 3.85. The van der Waals surface area contributed by atoms with Crippen LogP contribution in [0.5, 0.6) is 0 Å². The number of hydrogen-bond acceptors (Lipinski definition) is 2. The number of hydrogen-bond donors (Lipinski definition) is 1. The topological polar surface area (TPSA) is 29.9 Å². The van der Waals surface area contributed by atoms with Crippen molar-refractivity contribution in [2.45, 2.75) is 39.4 Å². The molecule has 4 heteroatoms. The Bertz CT molecular complexity index is 522. The molecule has 0 aliphatic carbocycles. The summed E-state index contributed by atoms with van der Waals surface area (Å²) in [5.74, 6) is 0. The van der Waals surface area contributed by atoms with Gasteiger partial charge in [0.2, 0.25) is 0 Å². The van der Waals surface area contributed by atoms with E-state index in [1.54, 1.807) is 0 Å². The van der Waals surface area contributed by atoms with Gasteiger partial charge in [-0.2, -0.15) is 5.10 Å². The lowest BCUT2D eigenvalue weighted by atomic mass is 10.1. The lowest BCUT2D eigenvalue weighted by Crippen LogP contribution is -2.18. The van der Waals surface area contributed by atoms with Crippen LogP contribution in [-0.4, -0.2) is 9.78 Å². The zero-order chi connectivity index (χ0) is 13.7. The number of nitrogens with one attached hydrogen (secondary N) is 1. The molecule has 0 saturated carbocycles. The van der Waals surface area contributed by atoms with Crippen molar-refractivity contribution in [3.8, 4) is 0 Å². The predicted molar refractivity (Wildman–Crippen MR) is 81.9 cm³/mol. The van der Waals surface area contributed by atoms with E-state index in [0.717, 1.165) is 24.0 Å². The number of nitrogens with zero attached hydrogens (tertiary/aromatic N) is 2. The molecule has 3 nitrogen and oxygen atoms in total. The van der Waals surface area contributed by atoms with Gasteiger partial charge in [-0.05, 0) is 25.0 Å². The summed E-state index contributed by atoms with van der Waals surface area (Å²) >= 11 is 3.59. The van der Waals surface area contributed by atoms with Crippen LogP contribution < -0.4 is 5.32 Å². The van der Waals surface area contributed by atoms with E-state index in [-0.39, 0.29) is 0 Å². The van der Waals surface area contributed by atoms with Crippen LogP contribution in [0.15, 0.2) is 41.1 Å². The molecule has 0 aliphatic heterocycles. The number of rotatable bonds is 6. The Morgan fingerprint density at radius 3 is 2.89 bits per heavy atom. The average Bonchev–Trinajstić information content (AvgIpc) is 2.85. The summed E-state index contributed by atoms with van der Waals surface area (Å²) in [7, 11) is 0. The predicted octanol–water partition coefficient (Wildman–Crippen LogP) is 3.91. The van der Waals surface area contributed by atoms with Crippen molar-refractivity contribution >= 4 is 15.9 Å². The van der Waals surface area contributed by atoms with E-state index in [0.29, 0.717) is 6.04 Å². The van der Waals surface area contributed by atoms with Crippen molar-refractivity contribution < 1.29 is 0 Å². The van der Waals surface area contributed by atoms with Crippen molar-refractivity contribution in [1.82, 2.24) is 15.1 Å². The molecule has 0 fully saturated rings. The van der Waals surface area contributed by atoms with Gasteiger partial charge < -0.3 is 5.32 Å². The van der Waals surface area contributed by atoms with Crippen LogP contribution in [-0.2, 0) is 13.1 Å². The molecule has 1 N–H and O–H groups in total. The minimum atomic E-state index is 0.310. The zero-order valence-electron chi connectivity index (χ0n) is 11.4. The zero-order valence-corrected chi connectivity index (χ0v) is 13.0. The van der Waals surface area contributed by atoms with Crippen molar-refractivity contribution in [2.24, 2.45) is 0 Å². The quantitative estimate of drug-likeness (QED) is 0.874. The van der Waals surface area contributed by atoms with E-state index in [2.05, 4.69) is 64.6 Å². The van der Waals surface area contributed by atoms with Gasteiger partial charge in [0.15, 0.2) is 0 Å². The maximum Gasteiger partial charge on any atom is 0.0534 e. The van der Waals surface area contributed by atoms with E-state index in [1.165, 1.54) is 11.1 Å². The molecule has 2 rings (SSSR count). The second-order valence-electron chi connectivity index (χ2n) is 4.74. The minimum Gasteiger partial charge on any atom is -0.306 e. The van der Waals surface area contributed by atoms with Gasteiger partial charge in [-0.1, -0.05) is 41.1 Å². The molecule has 1 aromatic carbocycles. The molecule has 19 heavy (non-hydrogen) atoms. The molecule has 1 aromatic heterocycles. The fraction of sp³-hybridized carbons (Fsp3) is 0.400. The molecular formula is C15H20BrN3. The minimum absolute atomic E-state index is 0.310. The highest BCUT2D eigenvalue weighted by Gasteiger charge is 2.08. The fourth-order valence-corrected chi connectivity index (χ4v) is 2.68. The Labute approximate surface area is 123 Å². The highest BCUT2D eigenvalue weighted by molar-refractivity contribution is 9.10. The Hall–Kier alpha value is -1.13. The van der Waals surface area contributed by atoms with Crippen molar-refractivity contribution in [3.63, 3.8) is 0 Å². The van der Waals surface area contributed by atoms with Crippen LogP contribution in [0.3, 0.4) is 0 Å². The Kier molecular flexibility index (Phi) is 5.16. The number of benzene rings is 1. The van der Waals surface area contributed by atoms with Gasteiger partial charge in [0.05, 0.1) is 6.20 Å². The lowest BCUT2D eigenvalue weighted by Gasteiger charge is -2.15. The summed E-state index contributed by atoms with van der Waals surface area (Å²) in [6.07, 6.45) is 5.17. The van der Waals surface area contributed by atoms with Crippen molar-refractivity contribution in [2.75, 3.05) is 0 Å². The molecule has 2 aromatic rings. The number of aryl methyl sites for hydroxylation is 1. The van der Waals surface area contributed by atoms with Crippen LogP contribution in [0.1, 0.15) is 37.4 Å². The first-order chi connectivity index (χ1) is 9.20. The molecule has 0 radical (unpaired) electrons. The van der Waals surface area contributed by atoms with Crippen LogP contribution in [0, 0.1) is 0 Å². The molecule has 102 valence electrons. The SMILES string of the molecule is CCCn1cc(CN[C@H](C)c2ccccc2Br)cn1. The molecule has 0 spiro atoms. The molecule has 0 aliphatic rings. The van der Waals surface area contributed by atoms with Crippen molar-refractivity contribution in [3.05, 3.63) is 52.3 Å². The van der Waals surface area contributed by atoms with Crippen LogP contribution in [0.2, 0.25) is 0 Å². The standard InChI is InChI=1S/C15H20BrN3/c1-3-8-19-11-13(10-18-19)9-17-12(2)14-6-4-5-7-15(14)16/h4-7,10-12,17H,3,8-9H2,1-2H3/t12-/m1/s1. The van der Waals surface area contributed by atoms with Gasteiger partial charge in [-0.15, -0.1) is 0 Å². The van der Waals surface area contributed by atoms with Crippen LogP contribution >= 0.6 is 15.9 Å². The monoisotopic (exact) mass is 321 g/mol. The number of halogens is 1. The molecule has 0 amide bonds. The van der Waals surface area contributed by atoms with Crippen LogP contribution in [0.25, 0.3) is 0 Å². The first-order valence-electron chi connectivity index (χ1n) is 6.70. The first kappa shape index (κ1) is 14.3. The summed E-state index contributed by atoms with van der Waals surface area (Å²) < 4.78 is 3.15. The maximum absolute atomic E-state index is 4.34. The van der Waals surface area contributed by atoms with Crippen molar-refractivity contribution in [1.29, 1.82) is 0 Å². The summed E-state index contributed by atoms with van der Waals surface area (Å²) in [6, 6.07) is 8.63. The smallest absolute Gasteiger partial charge is 0.0534 e. The summed E-state index contributed by atoms with van der Waals surface area (Å²) in [6.45, 7) is 6.16. The molecule has 0 unspecified atom stereocenters. The molecule has 1 atom stereocenters. The largest absolute Gasteiger partial charge is 0.306 e. The van der Waals surface area contributed by atoms with Gasteiger partial charge in [0.25, 0.3) is 0 Å². The highest BCUT2D eigenvalue weighted by Crippen LogP contribution is 2.22. The Balaban J connectivity index is 1.92. The van der Waals surface area contributed by atoms with Crippen LogP contribution in [0.4, 0.5) is 0 Å². The average molecular weight is 322 g/mol. The highest BCUT2D eigenvalue weighted by atomic mass is 79.9. The second kappa shape index (κ2) is 6.87. The van der Waals surface area contributed by atoms with Gasteiger partial charge in [0.1, 0.15) is 0 Å². The summed E-state index contributed by atoms with van der Waals surface area (Å²) in [5.41, 5.74) is 2.51. The van der Waals surface area contributed by atoms with E-state index >= 15 is 0 Å². The summed E-state index contributed by atoms with van der Waals surface area (Å²) in [5, 5.41) is 7.87. The second-order valence-corrected chi connectivity index (χ2v) is 5.59. The lowest BCUT2D eigenvalue weighted by molar-refractivity contribution is 0.570. The molecular weight excluding hydrogens is 302 g/mol. The van der Waals surface area contributed by atoms with Gasteiger partial charge in [-0.25, -0.2) is 0 Å². The summed E-state index contributed by atoms with van der Waals surface area (Å²) in [4.78, 5) is 0. The molecule has 0 bridgehead atoms. The first-order valence-corrected chi connectivity index (χ1v) is 7.49. The van der Waals surface area contributed by atoms with E-state index < -0.39 is 0 Å². The maximum atomic E-state index is 4.34. The van der Waals surface area contributed by atoms with Gasteiger partial charge in [0, 0.05) is 35.4 Å². The molecule has 0 saturated heterocycles. The Morgan fingerprint density at radius 1 is 1.37 bits per heavy atom. The third-order valence-electron chi connectivity index (χ3n) is 3.12. The fourth-order valence-electron chi connectivity index (χ4n) is 2.06. The normalized spacial score (nSPS) is 12.6. The third kappa shape index (κ3) is 3.91. The van der Waals surface area contributed by atoms with E-state index in [9.17, 15) is 0 Å².